The van der Waals surface area contributed by atoms with Gasteiger partial charge in [0, 0.05) is 11.1 Å². The van der Waals surface area contributed by atoms with Crippen LogP contribution in [0, 0.1) is 6.92 Å². The number of rotatable bonds is 6. The van der Waals surface area contributed by atoms with Gasteiger partial charge in [0.1, 0.15) is 18.1 Å². The van der Waals surface area contributed by atoms with Crippen LogP contribution in [0.4, 0.5) is 0 Å². The van der Waals surface area contributed by atoms with Crippen LogP contribution >= 0.6 is 0 Å². The van der Waals surface area contributed by atoms with E-state index in [0.717, 1.165) is 28.2 Å². The highest BCUT2D eigenvalue weighted by Gasteiger charge is 2.12. The number of benzene rings is 2. The molecule has 0 aliphatic carbocycles. The Balaban J connectivity index is 2.19. The molecule has 0 radical (unpaired) electrons. The highest BCUT2D eigenvalue weighted by atomic mass is 16.5. The predicted octanol–water partition coefficient (Wildman–Crippen LogP) is 4.03. The van der Waals surface area contributed by atoms with Gasteiger partial charge in [0.25, 0.3) is 0 Å². The van der Waals surface area contributed by atoms with E-state index in [1.165, 1.54) is 0 Å². The monoisotopic (exact) mass is 286 g/mol. The van der Waals surface area contributed by atoms with Crippen LogP contribution in [0.1, 0.15) is 36.1 Å². The predicted molar refractivity (Wildman–Crippen MR) is 83.8 cm³/mol. The number of ether oxygens (including phenoxy) is 2. The fourth-order valence-corrected chi connectivity index (χ4v) is 2.28. The van der Waals surface area contributed by atoms with Crippen LogP contribution in [0.25, 0.3) is 0 Å². The summed E-state index contributed by atoms with van der Waals surface area (Å²) in [5, 5.41) is 10.0. The van der Waals surface area contributed by atoms with E-state index in [0.29, 0.717) is 13.0 Å². The van der Waals surface area contributed by atoms with E-state index in [-0.39, 0.29) is 0 Å². The molecular weight excluding hydrogens is 264 g/mol. The lowest BCUT2D eigenvalue weighted by Gasteiger charge is -2.16. The molecule has 0 saturated heterocycles. The number of aliphatic hydroxyl groups is 1. The average Bonchev–Trinajstić information content (AvgIpc) is 2.52. The van der Waals surface area contributed by atoms with Crippen LogP contribution in [0.2, 0.25) is 0 Å². The maximum atomic E-state index is 10.0. The number of hydrogen-bond acceptors (Lipinski definition) is 3. The van der Waals surface area contributed by atoms with Gasteiger partial charge in [0.05, 0.1) is 13.2 Å². The zero-order valence-electron chi connectivity index (χ0n) is 12.8. The van der Waals surface area contributed by atoms with Crippen LogP contribution < -0.4 is 9.47 Å². The SMILES string of the molecule is CC[C@H](O)c1ccccc1OCc1cc(C)ccc1OC. The van der Waals surface area contributed by atoms with Gasteiger partial charge in [-0.15, -0.1) is 0 Å². The molecule has 21 heavy (non-hydrogen) atoms. The van der Waals surface area contributed by atoms with Gasteiger partial charge >= 0.3 is 0 Å². The van der Waals surface area contributed by atoms with Crippen molar-refractivity contribution < 1.29 is 14.6 Å². The highest BCUT2D eigenvalue weighted by molar-refractivity contribution is 5.38. The molecule has 1 N–H and O–H groups in total. The topological polar surface area (TPSA) is 38.7 Å². The molecule has 3 heteroatoms. The Kier molecular flexibility index (Phi) is 5.23. The molecule has 0 amide bonds. The van der Waals surface area contributed by atoms with Gasteiger partial charge in [-0.3, -0.25) is 0 Å². The summed E-state index contributed by atoms with van der Waals surface area (Å²) in [4.78, 5) is 0. The Morgan fingerprint density at radius 1 is 1.10 bits per heavy atom. The average molecular weight is 286 g/mol. The van der Waals surface area contributed by atoms with Crippen molar-refractivity contribution >= 4 is 0 Å². The van der Waals surface area contributed by atoms with Crippen molar-refractivity contribution in [2.24, 2.45) is 0 Å². The van der Waals surface area contributed by atoms with Crippen molar-refractivity contribution in [2.45, 2.75) is 33.0 Å². The van der Waals surface area contributed by atoms with Gasteiger partial charge in [0.2, 0.25) is 0 Å². The van der Waals surface area contributed by atoms with Crippen molar-refractivity contribution in [1.29, 1.82) is 0 Å². The number of para-hydroxylation sites is 1. The Bertz CT molecular complexity index is 593. The first kappa shape index (κ1) is 15.4. The number of aryl methyl sites for hydroxylation is 1. The molecule has 0 bridgehead atoms. The molecule has 112 valence electrons. The lowest BCUT2D eigenvalue weighted by Crippen LogP contribution is -2.03. The van der Waals surface area contributed by atoms with Crippen LogP contribution in [0.3, 0.4) is 0 Å². The molecule has 0 fully saturated rings. The summed E-state index contributed by atoms with van der Waals surface area (Å²) in [5.41, 5.74) is 2.99. The molecule has 2 aromatic rings. The first-order valence-corrected chi connectivity index (χ1v) is 7.19. The van der Waals surface area contributed by atoms with Gasteiger partial charge < -0.3 is 14.6 Å². The first-order chi connectivity index (χ1) is 10.2. The second kappa shape index (κ2) is 7.14. The van der Waals surface area contributed by atoms with E-state index < -0.39 is 6.10 Å². The Hall–Kier alpha value is -2.00. The minimum absolute atomic E-state index is 0.415. The smallest absolute Gasteiger partial charge is 0.125 e. The van der Waals surface area contributed by atoms with E-state index in [9.17, 15) is 5.11 Å². The number of methoxy groups -OCH3 is 1. The molecule has 3 nitrogen and oxygen atoms in total. The van der Waals surface area contributed by atoms with E-state index in [2.05, 4.69) is 6.07 Å². The van der Waals surface area contributed by atoms with Crippen LogP contribution in [-0.4, -0.2) is 12.2 Å². The third-order valence-corrected chi connectivity index (χ3v) is 3.48. The minimum Gasteiger partial charge on any atom is -0.496 e. The zero-order chi connectivity index (χ0) is 15.2. The maximum absolute atomic E-state index is 10.0. The molecular formula is C18H22O3. The molecule has 2 rings (SSSR count). The lowest BCUT2D eigenvalue weighted by atomic mass is 10.1. The maximum Gasteiger partial charge on any atom is 0.125 e. The van der Waals surface area contributed by atoms with Crippen molar-refractivity contribution in [3.8, 4) is 11.5 Å². The molecule has 0 aromatic heterocycles. The molecule has 0 heterocycles. The van der Waals surface area contributed by atoms with Gasteiger partial charge in [-0.05, 0) is 31.5 Å². The quantitative estimate of drug-likeness (QED) is 0.871. The summed E-state index contributed by atoms with van der Waals surface area (Å²) < 4.78 is 11.3. The Morgan fingerprint density at radius 2 is 1.86 bits per heavy atom. The molecule has 0 unspecified atom stereocenters. The zero-order valence-corrected chi connectivity index (χ0v) is 12.8. The summed E-state index contributed by atoms with van der Waals surface area (Å²) in [6, 6.07) is 13.6. The normalized spacial score (nSPS) is 12.0. The largest absolute Gasteiger partial charge is 0.496 e. The summed E-state index contributed by atoms with van der Waals surface area (Å²) in [7, 11) is 1.66. The van der Waals surface area contributed by atoms with E-state index in [1.807, 2.05) is 50.2 Å². The van der Waals surface area contributed by atoms with Gasteiger partial charge in [0.15, 0.2) is 0 Å². The minimum atomic E-state index is -0.499. The Labute approximate surface area is 126 Å². The van der Waals surface area contributed by atoms with Gasteiger partial charge in [-0.1, -0.05) is 36.8 Å². The fraction of sp³-hybridized carbons (Fsp3) is 0.333. The summed E-state index contributed by atoms with van der Waals surface area (Å²) in [6.07, 6.45) is 0.161. The second-order valence-electron chi connectivity index (χ2n) is 5.07. The second-order valence-corrected chi connectivity index (χ2v) is 5.07. The number of hydrogen-bond donors (Lipinski definition) is 1. The first-order valence-electron chi connectivity index (χ1n) is 7.19. The highest BCUT2D eigenvalue weighted by Crippen LogP contribution is 2.29. The summed E-state index contributed by atoms with van der Waals surface area (Å²) >= 11 is 0. The third kappa shape index (κ3) is 3.76. The molecule has 0 aliphatic rings. The van der Waals surface area contributed by atoms with Crippen LogP contribution in [-0.2, 0) is 6.61 Å². The molecule has 0 saturated carbocycles. The lowest BCUT2D eigenvalue weighted by molar-refractivity contribution is 0.166. The standard InChI is InChI=1S/C18H22O3/c1-4-16(19)15-7-5-6-8-18(15)21-12-14-11-13(2)9-10-17(14)20-3/h5-11,16,19H,4,12H2,1-3H3/t16-/m0/s1. The third-order valence-electron chi connectivity index (χ3n) is 3.48. The van der Waals surface area contributed by atoms with Crippen molar-refractivity contribution in [3.63, 3.8) is 0 Å². The number of aliphatic hydroxyl groups excluding tert-OH is 1. The van der Waals surface area contributed by atoms with E-state index in [4.69, 9.17) is 9.47 Å². The summed E-state index contributed by atoms with van der Waals surface area (Å²) in [6.45, 7) is 4.40. The van der Waals surface area contributed by atoms with Crippen molar-refractivity contribution in [1.82, 2.24) is 0 Å². The van der Waals surface area contributed by atoms with Crippen LogP contribution in [0.5, 0.6) is 11.5 Å². The molecule has 0 aliphatic heterocycles. The Morgan fingerprint density at radius 3 is 2.57 bits per heavy atom. The van der Waals surface area contributed by atoms with Crippen molar-refractivity contribution in [2.75, 3.05) is 7.11 Å². The summed E-state index contributed by atoms with van der Waals surface area (Å²) in [5.74, 6) is 1.53. The van der Waals surface area contributed by atoms with Crippen LogP contribution in [0.15, 0.2) is 42.5 Å². The van der Waals surface area contributed by atoms with Gasteiger partial charge in [-0.2, -0.15) is 0 Å². The fourth-order valence-electron chi connectivity index (χ4n) is 2.28. The molecule has 1 atom stereocenters. The molecule has 2 aromatic carbocycles. The van der Waals surface area contributed by atoms with Crippen molar-refractivity contribution in [3.05, 3.63) is 59.2 Å². The van der Waals surface area contributed by atoms with E-state index >= 15 is 0 Å². The van der Waals surface area contributed by atoms with E-state index in [1.54, 1.807) is 7.11 Å². The van der Waals surface area contributed by atoms with Gasteiger partial charge in [-0.25, -0.2) is 0 Å². The molecule has 0 spiro atoms.